The van der Waals surface area contributed by atoms with E-state index in [0.29, 0.717) is 10.9 Å². The minimum absolute atomic E-state index is 0.0393. The number of anilines is 1. The third-order valence-electron chi connectivity index (χ3n) is 3.13. The molecule has 25 heavy (non-hydrogen) atoms. The summed E-state index contributed by atoms with van der Waals surface area (Å²) in [6, 6.07) is 9.20. The molecule has 2 heterocycles. The van der Waals surface area contributed by atoms with Crippen molar-refractivity contribution in [1.29, 1.82) is 0 Å². The number of nitrogens with one attached hydrogen (secondary N) is 1. The van der Waals surface area contributed by atoms with Crippen molar-refractivity contribution in [2.75, 3.05) is 11.9 Å². The molecule has 3 rings (SSSR count). The maximum Gasteiger partial charge on any atom is 0.269 e. The molecule has 9 heteroatoms. The van der Waals surface area contributed by atoms with Gasteiger partial charge in [-0.2, -0.15) is 0 Å². The first-order valence-corrected chi connectivity index (χ1v) is 8.03. The van der Waals surface area contributed by atoms with Crippen molar-refractivity contribution < 1.29 is 14.5 Å². The number of hydrogen-bond acceptors (Lipinski definition) is 7. The van der Waals surface area contributed by atoms with Gasteiger partial charge in [-0.3, -0.25) is 25.2 Å². The van der Waals surface area contributed by atoms with Crippen molar-refractivity contribution >= 4 is 28.1 Å². The summed E-state index contributed by atoms with van der Waals surface area (Å²) < 4.78 is 5.30. The lowest BCUT2D eigenvalue weighted by atomic mass is 10.2. The Balaban J connectivity index is 1.54. The van der Waals surface area contributed by atoms with E-state index in [4.69, 9.17) is 4.74 Å². The molecule has 0 radical (unpaired) electrons. The highest BCUT2D eigenvalue weighted by Gasteiger charge is 2.10. The number of carbonyl (C=O) groups excluding carboxylic acids is 1. The fourth-order valence-electron chi connectivity index (χ4n) is 1.95. The van der Waals surface area contributed by atoms with Crippen LogP contribution in [0.3, 0.4) is 0 Å². The molecule has 0 aliphatic heterocycles. The Bertz CT molecular complexity index is 881. The van der Waals surface area contributed by atoms with Crippen molar-refractivity contribution in [1.82, 2.24) is 9.97 Å². The van der Waals surface area contributed by atoms with Gasteiger partial charge in [-0.25, -0.2) is 4.98 Å². The Labute approximate surface area is 146 Å². The number of non-ortho nitro benzene ring substituents is 1. The van der Waals surface area contributed by atoms with Gasteiger partial charge < -0.3 is 4.74 Å². The standard InChI is InChI=1S/C16H12N4O4S/c21-15(9-24-13-5-3-12(4-6-13)20(22)23)19-16-18-14(10-25-16)11-2-1-7-17-8-11/h1-8,10H,9H2,(H,18,19,21). The van der Waals surface area contributed by atoms with Crippen LogP contribution in [0.5, 0.6) is 5.75 Å². The van der Waals surface area contributed by atoms with Crippen LogP contribution in [0.25, 0.3) is 11.3 Å². The first kappa shape index (κ1) is 16.5. The second-order valence-corrected chi connectivity index (χ2v) is 5.73. The van der Waals surface area contributed by atoms with Gasteiger partial charge in [0.25, 0.3) is 11.6 Å². The summed E-state index contributed by atoms with van der Waals surface area (Å²) in [5, 5.41) is 15.5. The lowest BCUT2D eigenvalue weighted by Gasteiger charge is -2.05. The van der Waals surface area contributed by atoms with Crippen LogP contribution < -0.4 is 10.1 Å². The normalized spacial score (nSPS) is 10.2. The number of rotatable bonds is 6. The highest BCUT2D eigenvalue weighted by atomic mass is 32.1. The van der Waals surface area contributed by atoms with Gasteiger partial charge in [-0.15, -0.1) is 11.3 Å². The molecule has 0 saturated heterocycles. The first-order valence-electron chi connectivity index (χ1n) is 7.15. The van der Waals surface area contributed by atoms with Crippen LogP contribution in [0.1, 0.15) is 0 Å². The van der Waals surface area contributed by atoms with Gasteiger partial charge in [0.1, 0.15) is 5.75 Å². The minimum atomic E-state index is -0.501. The highest BCUT2D eigenvalue weighted by Crippen LogP contribution is 2.24. The molecule has 0 fully saturated rings. The molecule has 3 aromatic rings. The van der Waals surface area contributed by atoms with Crippen LogP contribution in [0, 0.1) is 10.1 Å². The lowest BCUT2D eigenvalue weighted by molar-refractivity contribution is -0.384. The van der Waals surface area contributed by atoms with Gasteiger partial charge in [0.15, 0.2) is 11.7 Å². The molecule has 126 valence electrons. The van der Waals surface area contributed by atoms with Gasteiger partial charge in [0.05, 0.1) is 10.6 Å². The number of benzene rings is 1. The van der Waals surface area contributed by atoms with Gasteiger partial charge in [0.2, 0.25) is 0 Å². The van der Waals surface area contributed by atoms with Gasteiger partial charge in [0, 0.05) is 35.5 Å². The second kappa shape index (κ2) is 7.49. The maximum atomic E-state index is 11.9. The zero-order valence-electron chi connectivity index (χ0n) is 12.8. The Kier molecular flexibility index (Phi) is 4.95. The molecule has 0 saturated carbocycles. The van der Waals surface area contributed by atoms with Gasteiger partial charge in [-0.1, -0.05) is 0 Å². The molecule has 0 bridgehead atoms. The van der Waals surface area contributed by atoms with E-state index in [2.05, 4.69) is 15.3 Å². The molecule has 0 spiro atoms. The Morgan fingerprint density at radius 1 is 1.28 bits per heavy atom. The molecule has 1 aromatic carbocycles. The number of amides is 1. The number of nitrogens with zero attached hydrogens (tertiary/aromatic N) is 3. The molecule has 0 aliphatic carbocycles. The predicted octanol–water partition coefficient (Wildman–Crippen LogP) is 3.13. The Morgan fingerprint density at radius 3 is 2.76 bits per heavy atom. The summed E-state index contributed by atoms with van der Waals surface area (Å²) in [5.74, 6) is 0.00128. The third-order valence-corrected chi connectivity index (χ3v) is 3.88. The zero-order chi connectivity index (χ0) is 17.6. The van der Waals surface area contributed by atoms with Crippen LogP contribution in [-0.2, 0) is 4.79 Å². The van der Waals surface area contributed by atoms with Crippen molar-refractivity contribution in [3.05, 3.63) is 64.3 Å². The highest BCUT2D eigenvalue weighted by molar-refractivity contribution is 7.14. The number of thiazole rings is 1. The van der Waals surface area contributed by atoms with E-state index in [1.165, 1.54) is 35.6 Å². The van der Waals surface area contributed by atoms with E-state index < -0.39 is 4.92 Å². The van der Waals surface area contributed by atoms with E-state index in [0.717, 1.165) is 11.3 Å². The van der Waals surface area contributed by atoms with Crippen LogP contribution in [-0.4, -0.2) is 27.4 Å². The largest absolute Gasteiger partial charge is 0.484 e. The van der Waals surface area contributed by atoms with Gasteiger partial charge >= 0.3 is 0 Å². The molecular weight excluding hydrogens is 344 g/mol. The summed E-state index contributed by atoms with van der Waals surface area (Å²) in [6.45, 7) is -0.223. The van der Waals surface area contributed by atoms with Crippen LogP contribution in [0.4, 0.5) is 10.8 Å². The summed E-state index contributed by atoms with van der Waals surface area (Å²) in [6.07, 6.45) is 3.37. The van der Waals surface area contributed by atoms with E-state index in [1.807, 2.05) is 17.5 Å². The molecule has 8 nitrogen and oxygen atoms in total. The number of nitro groups is 1. The number of hydrogen-bond donors (Lipinski definition) is 1. The average Bonchev–Trinajstić information content (AvgIpc) is 3.09. The van der Waals surface area contributed by atoms with Crippen LogP contribution >= 0.6 is 11.3 Å². The van der Waals surface area contributed by atoms with E-state index in [1.54, 1.807) is 12.4 Å². The van der Waals surface area contributed by atoms with Crippen molar-refractivity contribution in [3.63, 3.8) is 0 Å². The third kappa shape index (κ3) is 4.36. The monoisotopic (exact) mass is 356 g/mol. The van der Waals surface area contributed by atoms with Crippen molar-refractivity contribution in [3.8, 4) is 17.0 Å². The molecule has 2 aromatic heterocycles. The molecule has 0 atom stereocenters. The number of ether oxygens (including phenoxy) is 1. The topological polar surface area (TPSA) is 107 Å². The molecule has 1 amide bonds. The fourth-order valence-corrected chi connectivity index (χ4v) is 2.68. The first-order chi connectivity index (χ1) is 12.1. The second-order valence-electron chi connectivity index (χ2n) is 4.87. The molecule has 0 aliphatic rings. The summed E-state index contributed by atoms with van der Waals surface area (Å²) >= 11 is 1.30. The molecule has 0 unspecified atom stereocenters. The average molecular weight is 356 g/mol. The number of pyridine rings is 1. The quantitative estimate of drug-likeness (QED) is 0.537. The smallest absolute Gasteiger partial charge is 0.269 e. The van der Waals surface area contributed by atoms with Crippen molar-refractivity contribution in [2.45, 2.75) is 0 Å². The zero-order valence-corrected chi connectivity index (χ0v) is 13.6. The van der Waals surface area contributed by atoms with E-state index in [-0.39, 0.29) is 18.2 Å². The number of carbonyl (C=O) groups is 1. The number of aromatic nitrogens is 2. The SMILES string of the molecule is O=C(COc1ccc([N+](=O)[O-])cc1)Nc1nc(-c2cccnc2)cs1. The number of nitro benzene ring substituents is 1. The fraction of sp³-hybridized carbons (Fsp3) is 0.0625. The summed E-state index contributed by atoms with van der Waals surface area (Å²) in [5.41, 5.74) is 1.55. The summed E-state index contributed by atoms with van der Waals surface area (Å²) in [7, 11) is 0. The molecule has 1 N–H and O–H groups in total. The van der Waals surface area contributed by atoms with Crippen LogP contribution in [0.2, 0.25) is 0 Å². The minimum Gasteiger partial charge on any atom is -0.484 e. The lowest BCUT2D eigenvalue weighted by Crippen LogP contribution is -2.20. The Morgan fingerprint density at radius 2 is 2.08 bits per heavy atom. The van der Waals surface area contributed by atoms with Gasteiger partial charge in [-0.05, 0) is 24.3 Å². The predicted molar refractivity (Wildman–Crippen MR) is 92.6 cm³/mol. The van der Waals surface area contributed by atoms with Crippen molar-refractivity contribution in [2.24, 2.45) is 0 Å². The van der Waals surface area contributed by atoms with E-state index in [9.17, 15) is 14.9 Å². The summed E-state index contributed by atoms with van der Waals surface area (Å²) in [4.78, 5) is 30.3. The molecular formula is C16H12N4O4S. The van der Waals surface area contributed by atoms with Crippen LogP contribution in [0.15, 0.2) is 54.2 Å². The Hall–Kier alpha value is -3.33. The van der Waals surface area contributed by atoms with E-state index >= 15 is 0 Å². The maximum absolute atomic E-state index is 11.9.